The van der Waals surface area contributed by atoms with Gasteiger partial charge in [-0.1, -0.05) is 12.1 Å². The Balaban J connectivity index is 2.64. The quantitative estimate of drug-likeness (QED) is 0.642. The van der Waals surface area contributed by atoms with Gasteiger partial charge in [-0.15, -0.1) is 0 Å². The first-order valence-corrected chi connectivity index (χ1v) is 4.87. The first-order chi connectivity index (χ1) is 7.45. The second-order valence-corrected chi connectivity index (χ2v) is 3.88. The van der Waals surface area contributed by atoms with Crippen LogP contribution in [0.5, 0.6) is 5.75 Å². The van der Waals surface area contributed by atoms with Gasteiger partial charge >= 0.3 is 0 Å². The molecule has 0 radical (unpaired) electrons. The maximum absolute atomic E-state index is 10.9. The molecule has 0 saturated heterocycles. The number of benzene rings is 1. The Morgan fingerprint density at radius 2 is 2.25 bits per heavy atom. The lowest BCUT2D eigenvalue weighted by molar-refractivity contribution is -0.123. The third-order valence-electron chi connectivity index (χ3n) is 2.18. The van der Waals surface area contributed by atoms with Crippen molar-refractivity contribution < 1.29 is 14.6 Å². The summed E-state index contributed by atoms with van der Waals surface area (Å²) in [6.07, 6.45) is 0. The molecule has 0 aliphatic heterocycles. The van der Waals surface area contributed by atoms with E-state index in [1.165, 1.54) is 6.92 Å². The molecule has 1 atom stereocenters. The van der Waals surface area contributed by atoms with E-state index in [1.807, 2.05) is 0 Å². The van der Waals surface area contributed by atoms with Gasteiger partial charge in [-0.25, -0.2) is 0 Å². The van der Waals surface area contributed by atoms with E-state index in [2.05, 4.69) is 0 Å². The Labute approximate surface area is 94.0 Å². The number of ether oxygens (including phenoxy) is 1. The third kappa shape index (κ3) is 3.22. The molecule has 0 fully saturated rings. The van der Waals surface area contributed by atoms with Crippen molar-refractivity contribution in [2.45, 2.75) is 19.1 Å². The van der Waals surface area contributed by atoms with E-state index in [0.717, 1.165) is 5.56 Å². The Bertz CT molecular complexity index is 377. The summed E-state index contributed by atoms with van der Waals surface area (Å²) >= 11 is 0. The van der Waals surface area contributed by atoms with Crippen molar-refractivity contribution in [3.63, 3.8) is 0 Å². The Morgan fingerprint density at radius 3 is 2.81 bits per heavy atom. The van der Waals surface area contributed by atoms with Crippen LogP contribution < -0.4 is 16.2 Å². The third-order valence-corrected chi connectivity index (χ3v) is 2.18. The van der Waals surface area contributed by atoms with Crippen molar-refractivity contribution in [3.8, 4) is 5.75 Å². The normalized spacial score (nSPS) is 14.2. The highest BCUT2D eigenvalue weighted by Crippen LogP contribution is 2.14. The summed E-state index contributed by atoms with van der Waals surface area (Å²) in [5.41, 5.74) is 10.3. The van der Waals surface area contributed by atoms with Crippen LogP contribution >= 0.6 is 0 Å². The summed E-state index contributed by atoms with van der Waals surface area (Å²) in [4.78, 5) is 10.9. The van der Waals surface area contributed by atoms with Gasteiger partial charge in [0.1, 0.15) is 17.9 Å². The molecule has 1 aromatic carbocycles. The Morgan fingerprint density at radius 1 is 1.56 bits per heavy atom. The lowest BCUT2D eigenvalue weighted by Gasteiger charge is -2.20. The molecule has 0 heterocycles. The van der Waals surface area contributed by atoms with Crippen LogP contribution in [0.15, 0.2) is 24.3 Å². The molecule has 1 aromatic rings. The van der Waals surface area contributed by atoms with Gasteiger partial charge in [0.2, 0.25) is 5.91 Å². The van der Waals surface area contributed by atoms with Crippen LogP contribution in [0, 0.1) is 0 Å². The smallest absolute Gasteiger partial charge is 0.240 e. The molecule has 1 rings (SSSR count). The summed E-state index contributed by atoms with van der Waals surface area (Å²) in [5.74, 6) is -0.0738. The fraction of sp³-hybridized carbons (Fsp3) is 0.364. The molecule has 16 heavy (non-hydrogen) atoms. The minimum atomic E-state index is -1.20. The number of aliphatic hydroxyl groups excluding tert-OH is 1. The second kappa shape index (κ2) is 4.96. The van der Waals surface area contributed by atoms with E-state index >= 15 is 0 Å². The van der Waals surface area contributed by atoms with Crippen LogP contribution in [-0.2, 0) is 11.4 Å². The molecule has 0 spiro atoms. The highest BCUT2D eigenvalue weighted by molar-refractivity contribution is 5.84. The number of carbonyl (C=O) groups excluding carboxylic acids is 1. The predicted molar refractivity (Wildman–Crippen MR) is 59.6 cm³/mol. The monoisotopic (exact) mass is 224 g/mol. The summed E-state index contributed by atoms with van der Waals surface area (Å²) in [7, 11) is 0. The molecule has 0 bridgehead atoms. The van der Waals surface area contributed by atoms with Crippen LogP contribution in [0.3, 0.4) is 0 Å². The number of amides is 1. The van der Waals surface area contributed by atoms with E-state index in [9.17, 15) is 4.79 Å². The van der Waals surface area contributed by atoms with Gasteiger partial charge in [-0.05, 0) is 24.6 Å². The molecule has 5 N–H and O–H groups in total. The number of carbonyl (C=O) groups is 1. The van der Waals surface area contributed by atoms with Gasteiger partial charge in [-0.3, -0.25) is 4.79 Å². The first-order valence-electron chi connectivity index (χ1n) is 4.87. The van der Waals surface area contributed by atoms with Gasteiger partial charge < -0.3 is 21.3 Å². The zero-order valence-electron chi connectivity index (χ0n) is 9.14. The summed E-state index contributed by atoms with van der Waals surface area (Å²) < 4.78 is 5.34. The maximum Gasteiger partial charge on any atom is 0.240 e. The van der Waals surface area contributed by atoms with Crippen LogP contribution in [0.2, 0.25) is 0 Å². The summed E-state index contributed by atoms with van der Waals surface area (Å²) in [5, 5.41) is 8.92. The molecule has 5 nitrogen and oxygen atoms in total. The van der Waals surface area contributed by atoms with E-state index in [0.29, 0.717) is 5.75 Å². The van der Waals surface area contributed by atoms with E-state index < -0.39 is 11.4 Å². The topological polar surface area (TPSA) is 98.6 Å². The van der Waals surface area contributed by atoms with Crippen molar-refractivity contribution >= 4 is 5.91 Å². The molecule has 0 aromatic heterocycles. The van der Waals surface area contributed by atoms with Crippen molar-refractivity contribution in [2.75, 3.05) is 6.61 Å². The van der Waals surface area contributed by atoms with Gasteiger partial charge in [0, 0.05) is 0 Å². The van der Waals surface area contributed by atoms with Gasteiger partial charge in [-0.2, -0.15) is 0 Å². The van der Waals surface area contributed by atoms with E-state index in [1.54, 1.807) is 24.3 Å². The molecule has 0 aliphatic carbocycles. The number of nitrogens with two attached hydrogens (primary N) is 2. The molecular weight excluding hydrogens is 208 g/mol. The molecule has 0 aliphatic rings. The Kier molecular flexibility index (Phi) is 3.87. The second-order valence-electron chi connectivity index (χ2n) is 3.88. The summed E-state index contributed by atoms with van der Waals surface area (Å²) in [6.45, 7) is 1.44. The molecule has 1 amide bonds. The first kappa shape index (κ1) is 12.5. The molecule has 1 unspecified atom stereocenters. The van der Waals surface area contributed by atoms with Gasteiger partial charge in [0.05, 0.1) is 6.61 Å². The summed E-state index contributed by atoms with van der Waals surface area (Å²) in [6, 6.07) is 6.91. The highest BCUT2D eigenvalue weighted by Gasteiger charge is 2.26. The number of rotatable bonds is 5. The minimum absolute atomic E-state index is 0.00276. The van der Waals surface area contributed by atoms with Crippen molar-refractivity contribution in [1.82, 2.24) is 0 Å². The maximum atomic E-state index is 10.9. The average Bonchev–Trinajstić information content (AvgIpc) is 2.26. The van der Waals surface area contributed by atoms with Crippen molar-refractivity contribution in [1.29, 1.82) is 0 Å². The average molecular weight is 224 g/mol. The fourth-order valence-corrected chi connectivity index (χ4v) is 1.04. The number of hydrogen-bond acceptors (Lipinski definition) is 4. The van der Waals surface area contributed by atoms with Crippen molar-refractivity contribution in [3.05, 3.63) is 29.8 Å². The zero-order chi connectivity index (χ0) is 12.2. The lowest BCUT2D eigenvalue weighted by Crippen LogP contribution is -2.53. The SMILES string of the molecule is CC(N)(COc1cccc(CO)c1)C(N)=O. The van der Waals surface area contributed by atoms with Crippen LogP contribution in [0.4, 0.5) is 0 Å². The largest absolute Gasteiger partial charge is 0.491 e. The highest BCUT2D eigenvalue weighted by atomic mass is 16.5. The number of aliphatic hydroxyl groups is 1. The fourth-order valence-electron chi connectivity index (χ4n) is 1.04. The number of hydrogen-bond donors (Lipinski definition) is 3. The molecular formula is C11H16N2O3. The Hall–Kier alpha value is -1.59. The lowest BCUT2D eigenvalue weighted by atomic mass is 10.1. The van der Waals surface area contributed by atoms with Gasteiger partial charge in [0.15, 0.2) is 0 Å². The van der Waals surface area contributed by atoms with Gasteiger partial charge in [0.25, 0.3) is 0 Å². The molecule has 0 saturated carbocycles. The van der Waals surface area contributed by atoms with Crippen LogP contribution in [0.25, 0.3) is 0 Å². The van der Waals surface area contributed by atoms with Crippen LogP contribution in [0.1, 0.15) is 12.5 Å². The molecule has 5 heteroatoms. The predicted octanol–water partition coefficient (Wildman–Crippen LogP) is -0.240. The minimum Gasteiger partial charge on any atom is -0.491 e. The zero-order valence-corrected chi connectivity index (χ0v) is 9.14. The molecule has 88 valence electrons. The van der Waals surface area contributed by atoms with E-state index in [4.69, 9.17) is 21.3 Å². The number of primary amides is 1. The standard InChI is InChI=1S/C11H16N2O3/c1-11(13,10(12)15)7-16-9-4-2-3-8(5-9)6-14/h2-5,14H,6-7,13H2,1H3,(H2,12,15). The van der Waals surface area contributed by atoms with E-state index in [-0.39, 0.29) is 13.2 Å². The van der Waals surface area contributed by atoms with Crippen molar-refractivity contribution in [2.24, 2.45) is 11.5 Å². The van der Waals surface area contributed by atoms with Crippen LogP contribution in [-0.4, -0.2) is 23.2 Å².